The number of aromatic amines is 1. The molecule has 3 aromatic rings. The molecule has 0 saturated carbocycles. The molecular weight excluding hydrogens is 336 g/mol. The van der Waals surface area contributed by atoms with Gasteiger partial charge in [-0.15, -0.1) is 0 Å². The summed E-state index contributed by atoms with van der Waals surface area (Å²) in [5, 5.41) is 10.6. The van der Waals surface area contributed by atoms with Crippen molar-refractivity contribution in [3.63, 3.8) is 0 Å². The quantitative estimate of drug-likeness (QED) is 0.350. The van der Waals surface area contributed by atoms with Crippen LogP contribution >= 0.6 is 0 Å². The van der Waals surface area contributed by atoms with Crippen molar-refractivity contribution in [1.82, 2.24) is 20.8 Å². The van der Waals surface area contributed by atoms with Crippen LogP contribution in [0.1, 0.15) is 17.0 Å². The van der Waals surface area contributed by atoms with E-state index in [0.29, 0.717) is 35.3 Å². The number of primary amides is 1. The molecule has 0 spiro atoms. The lowest BCUT2D eigenvalue weighted by molar-refractivity contribution is -0.119. The predicted molar refractivity (Wildman–Crippen MR) is 95.3 cm³/mol. The van der Waals surface area contributed by atoms with Crippen molar-refractivity contribution < 1.29 is 14.3 Å². The number of hydrogen-bond donors (Lipinski definition) is 4. The van der Waals surface area contributed by atoms with E-state index in [4.69, 9.17) is 10.5 Å². The van der Waals surface area contributed by atoms with Gasteiger partial charge in [0.2, 0.25) is 12.3 Å². The minimum absolute atomic E-state index is 0.332. The lowest BCUT2D eigenvalue weighted by Gasteiger charge is -2.17. The van der Waals surface area contributed by atoms with Gasteiger partial charge in [-0.1, -0.05) is 6.07 Å². The maximum Gasteiger partial charge on any atom is 0.225 e. The Morgan fingerprint density at radius 2 is 2.08 bits per heavy atom. The van der Waals surface area contributed by atoms with Crippen molar-refractivity contribution in [3.05, 3.63) is 47.5 Å². The van der Waals surface area contributed by atoms with Crippen LogP contribution in [-0.2, 0) is 16.0 Å². The van der Waals surface area contributed by atoms with Gasteiger partial charge in [0, 0.05) is 0 Å². The Morgan fingerprint density at radius 1 is 1.27 bits per heavy atom. The minimum atomic E-state index is -0.570. The highest BCUT2D eigenvalue weighted by Crippen LogP contribution is 2.29. The van der Waals surface area contributed by atoms with Gasteiger partial charge in [-0.2, -0.15) is 15.4 Å². The van der Waals surface area contributed by atoms with Crippen molar-refractivity contribution in [2.24, 2.45) is 5.73 Å². The molecule has 2 aromatic carbocycles. The highest BCUT2D eigenvalue weighted by Gasteiger charge is 2.21. The van der Waals surface area contributed by atoms with E-state index in [9.17, 15) is 9.59 Å². The number of nitrogens with two attached hydrogens (primary N) is 1. The number of amides is 2. The number of carbonyl (C=O) groups is 2. The summed E-state index contributed by atoms with van der Waals surface area (Å²) in [7, 11) is 1.55. The average Bonchev–Trinajstić information content (AvgIpc) is 3.12. The van der Waals surface area contributed by atoms with Crippen LogP contribution in [-0.4, -0.2) is 34.8 Å². The molecule has 1 unspecified atom stereocenters. The molecule has 0 aliphatic heterocycles. The molecule has 0 saturated heterocycles. The number of nitrogens with one attached hydrogen (secondary N) is 3. The fourth-order valence-corrected chi connectivity index (χ4v) is 2.81. The van der Waals surface area contributed by atoms with Gasteiger partial charge in [-0.25, -0.2) is 0 Å². The number of methoxy groups -OCH3 is 1. The second kappa shape index (κ2) is 7.51. The molecule has 3 rings (SSSR count). The summed E-state index contributed by atoms with van der Waals surface area (Å²) in [6, 6.07) is 10.7. The van der Waals surface area contributed by atoms with Crippen LogP contribution in [0.4, 0.5) is 5.69 Å². The number of H-pyrrole nitrogens is 1. The van der Waals surface area contributed by atoms with Crippen molar-refractivity contribution >= 4 is 29.0 Å². The van der Waals surface area contributed by atoms with E-state index in [0.717, 1.165) is 11.1 Å². The molecule has 9 nitrogen and oxygen atoms in total. The first kappa shape index (κ1) is 17.2. The van der Waals surface area contributed by atoms with Crippen molar-refractivity contribution in [3.8, 4) is 5.75 Å². The van der Waals surface area contributed by atoms with Crippen LogP contribution in [0, 0.1) is 0 Å². The topological polar surface area (TPSA) is 135 Å². The van der Waals surface area contributed by atoms with Crippen molar-refractivity contribution in [2.45, 2.75) is 12.3 Å². The second-order valence-corrected chi connectivity index (χ2v) is 5.64. The summed E-state index contributed by atoms with van der Waals surface area (Å²) in [5.41, 5.74) is 14.3. The number of carbonyl (C=O) groups excluding carboxylic acids is 2. The minimum Gasteiger partial charge on any atom is -0.496 e. The highest BCUT2D eigenvalue weighted by atomic mass is 16.5. The second-order valence-electron chi connectivity index (χ2n) is 5.64. The molecule has 26 heavy (non-hydrogen) atoms. The van der Waals surface area contributed by atoms with Crippen LogP contribution in [0.5, 0.6) is 5.75 Å². The lowest BCUT2D eigenvalue weighted by atomic mass is 9.90. The molecule has 1 aromatic heterocycles. The van der Waals surface area contributed by atoms with E-state index in [2.05, 4.69) is 26.3 Å². The summed E-state index contributed by atoms with van der Waals surface area (Å²) in [5.74, 6) is -0.408. The molecule has 0 fully saturated rings. The molecule has 134 valence electrons. The van der Waals surface area contributed by atoms with Gasteiger partial charge in [0.1, 0.15) is 16.8 Å². The van der Waals surface area contributed by atoms with E-state index in [1.54, 1.807) is 37.4 Å². The molecule has 2 amide bonds. The van der Waals surface area contributed by atoms with Crippen LogP contribution < -0.4 is 21.3 Å². The Labute approximate surface area is 148 Å². The number of benzene rings is 2. The Balaban J connectivity index is 1.94. The van der Waals surface area contributed by atoms with Crippen LogP contribution in [0.2, 0.25) is 0 Å². The third-order valence-corrected chi connectivity index (χ3v) is 4.07. The molecule has 0 radical (unpaired) electrons. The summed E-state index contributed by atoms with van der Waals surface area (Å²) in [6.45, 7) is 0. The van der Waals surface area contributed by atoms with Gasteiger partial charge in [0.25, 0.3) is 0 Å². The summed E-state index contributed by atoms with van der Waals surface area (Å²) < 4.78 is 5.38. The third-order valence-electron chi connectivity index (χ3n) is 4.07. The lowest BCUT2D eigenvalue weighted by Crippen LogP contribution is -2.24. The Kier molecular flexibility index (Phi) is 4.97. The van der Waals surface area contributed by atoms with Gasteiger partial charge in [-0.05, 0) is 47.9 Å². The van der Waals surface area contributed by atoms with Crippen LogP contribution in [0.25, 0.3) is 11.0 Å². The fourth-order valence-electron chi connectivity index (χ4n) is 2.81. The van der Waals surface area contributed by atoms with Gasteiger partial charge in [0.15, 0.2) is 0 Å². The summed E-state index contributed by atoms with van der Waals surface area (Å²) in [6.07, 6.45) is 0.863. The van der Waals surface area contributed by atoms with Gasteiger partial charge in [0.05, 0.1) is 18.7 Å². The standard InChI is InChI=1S/C17H18N6O3/c1-26-16-5-3-12(20-19-9-24)6-11(16)7-13(17(18)25)10-2-4-14-15(8-10)22-23-21-14/h2-6,8-9,13,20H,7H2,1H3,(H2,18,25)(H,19,24)(H,21,22,23). The average molecular weight is 354 g/mol. The maximum atomic E-state index is 12.1. The number of rotatable bonds is 8. The zero-order valence-corrected chi connectivity index (χ0v) is 14.0. The van der Waals surface area contributed by atoms with Crippen LogP contribution in [0.3, 0.4) is 0 Å². The van der Waals surface area contributed by atoms with E-state index in [1.165, 1.54) is 0 Å². The SMILES string of the molecule is COc1ccc(NNC=O)cc1CC(C(N)=O)c1ccc2n[nH]nc2c1. The largest absolute Gasteiger partial charge is 0.496 e. The Hall–Kier alpha value is -3.62. The fraction of sp³-hybridized carbons (Fsp3) is 0.176. The maximum absolute atomic E-state index is 12.1. The third kappa shape index (κ3) is 3.56. The van der Waals surface area contributed by atoms with Crippen molar-refractivity contribution in [1.29, 1.82) is 0 Å². The van der Waals surface area contributed by atoms with Gasteiger partial charge in [-0.3, -0.25) is 20.4 Å². The van der Waals surface area contributed by atoms with E-state index >= 15 is 0 Å². The molecule has 0 aliphatic carbocycles. The number of fused-ring (bicyclic) bond motifs is 1. The Morgan fingerprint density at radius 3 is 2.81 bits per heavy atom. The molecule has 0 aliphatic rings. The van der Waals surface area contributed by atoms with E-state index in [1.807, 2.05) is 6.07 Å². The predicted octanol–water partition coefficient (Wildman–Crippen LogP) is 0.851. The van der Waals surface area contributed by atoms with Crippen molar-refractivity contribution in [2.75, 3.05) is 12.5 Å². The number of nitrogens with zero attached hydrogens (tertiary/aromatic N) is 2. The number of anilines is 1. The molecule has 5 N–H and O–H groups in total. The highest BCUT2D eigenvalue weighted by molar-refractivity contribution is 5.84. The first-order valence-corrected chi connectivity index (χ1v) is 7.84. The first-order valence-electron chi connectivity index (χ1n) is 7.84. The van der Waals surface area contributed by atoms with Gasteiger partial charge < -0.3 is 10.5 Å². The summed E-state index contributed by atoms with van der Waals surface area (Å²) >= 11 is 0. The molecule has 0 bridgehead atoms. The number of hydrogen-bond acceptors (Lipinski definition) is 6. The smallest absolute Gasteiger partial charge is 0.225 e. The normalized spacial score (nSPS) is 11.7. The first-order chi connectivity index (χ1) is 12.6. The van der Waals surface area contributed by atoms with Crippen LogP contribution in [0.15, 0.2) is 36.4 Å². The number of aromatic nitrogens is 3. The zero-order valence-electron chi connectivity index (χ0n) is 14.0. The molecule has 1 atom stereocenters. The number of ether oxygens (including phenoxy) is 1. The van der Waals surface area contributed by atoms with E-state index < -0.39 is 11.8 Å². The van der Waals surface area contributed by atoms with E-state index in [-0.39, 0.29) is 0 Å². The van der Waals surface area contributed by atoms with Gasteiger partial charge >= 0.3 is 0 Å². The number of hydrazine groups is 1. The molecule has 1 heterocycles. The summed E-state index contributed by atoms with van der Waals surface area (Å²) in [4.78, 5) is 22.5. The molecular formula is C17H18N6O3. The molecule has 9 heteroatoms. The zero-order chi connectivity index (χ0) is 18.5. The monoisotopic (exact) mass is 354 g/mol. The Bertz CT molecular complexity index is 939.